The van der Waals surface area contributed by atoms with Gasteiger partial charge in [-0.3, -0.25) is 4.79 Å². The lowest BCUT2D eigenvalue weighted by molar-refractivity contribution is -0.146. The molecule has 138 valence electrons. The number of rotatable bonds is 4. The molecule has 3 rings (SSSR count). The molecule has 1 heterocycles. The van der Waals surface area contributed by atoms with E-state index in [2.05, 4.69) is 0 Å². The van der Waals surface area contributed by atoms with Gasteiger partial charge < -0.3 is 14.0 Å². The predicted molar refractivity (Wildman–Crippen MR) is 101 cm³/mol. The average Bonchev–Trinajstić information content (AvgIpc) is 3.34. The van der Waals surface area contributed by atoms with Crippen LogP contribution in [-0.2, 0) is 24.3 Å². The van der Waals surface area contributed by atoms with E-state index >= 15 is 0 Å². The van der Waals surface area contributed by atoms with Crippen molar-refractivity contribution in [2.24, 2.45) is 0 Å². The van der Waals surface area contributed by atoms with E-state index in [0.29, 0.717) is 6.61 Å². The van der Waals surface area contributed by atoms with Crippen LogP contribution in [0.15, 0.2) is 24.3 Å². The predicted octanol–water partition coefficient (Wildman–Crippen LogP) is 3.61. The second-order valence-corrected chi connectivity index (χ2v) is 7.51. The van der Waals surface area contributed by atoms with E-state index in [-0.39, 0.29) is 24.3 Å². The molecule has 1 aromatic carbocycles. The van der Waals surface area contributed by atoms with Crippen LogP contribution in [0.4, 0.5) is 0 Å². The number of esters is 1. The molecular formula is C20H31BO4. The summed E-state index contributed by atoms with van der Waals surface area (Å²) in [6.07, 6.45) is 1.73. The smallest absolute Gasteiger partial charge is 0.465 e. The molecule has 5 heteroatoms. The van der Waals surface area contributed by atoms with Crippen molar-refractivity contribution in [1.29, 1.82) is 0 Å². The van der Waals surface area contributed by atoms with Crippen molar-refractivity contribution < 1.29 is 18.8 Å². The van der Waals surface area contributed by atoms with Crippen LogP contribution in [0.2, 0.25) is 0 Å². The molecule has 0 unspecified atom stereocenters. The molecule has 0 bridgehead atoms. The second kappa shape index (κ2) is 7.12. The molecular weight excluding hydrogens is 315 g/mol. The standard InChI is InChI=1S/C18H25BO4.C2H6/c1-6-21-15(20)18(11-12-18)13-7-9-14(10-8-13)19-22-16(2,3)17(4,5)23-19;1-2/h7-10H,6,11-12H2,1-5H3;1-2H3. The van der Waals surface area contributed by atoms with Crippen molar-refractivity contribution in [2.75, 3.05) is 6.61 Å². The quantitative estimate of drug-likeness (QED) is 0.617. The van der Waals surface area contributed by atoms with Gasteiger partial charge in [0.05, 0.1) is 23.2 Å². The van der Waals surface area contributed by atoms with Gasteiger partial charge in [-0.2, -0.15) is 0 Å². The van der Waals surface area contributed by atoms with Crippen LogP contribution in [0.5, 0.6) is 0 Å². The normalized spacial score (nSPS) is 22.0. The molecule has 2 aliphatic rings. The average molecular weight is 346 g/mol. The summed E-state index contributed by atoms with van der Waals surface area (Å²) in [7, 11) is -0.369. The highest BCUT2D eigenvalue weighted by molar-refractivity contribution is 6.62. The van der Waals surface area contributed by atoms with Crippen LogP contribution in [0, 0.1) is 0 Å². The Morgan fingerprint density at radius 3 is 1.92 bits per heavy atom. The minimum Gasteiger partial charge on any atom is -0.465 e. The van der Waals surface area contributed by atoms with Crippen LogP contribution in [0.25, 0.3) is 0 Å². The Balaban J connectivity index is 0.00000109. The molecule has 1 aliphatic heterocycles. The molecule has 4 nitrogen and oxygen atoms in total. The first-order valence-electron chi connectivity index (χ1n) is 9.35. The van der Waals surface area contributed by atoms with Gasteiger partial charge in [0.25, 0.3) is 0 Å². The van der Waals surface area contributed by atoms with Crippen LogP contribution in [0.1, 0.15) is 66.9 Å². The zero-order valence-electron chi connectivity index (χ0n) is 16.6. The largest absolute Gasteiger partial charge is 0.494 e. The van der Waals surface area contributed by atoms with Gasteiger partial charge in [-0.1, -0.05) is 38.1 Å². The zero-order chi connectivity index (χ0) is 18.9. The number of hydrogen-bond donors (Lipinski definition) is 0. The Bertz CT molecular complexity index is 587. The molecule has 0 aromatic heterocycles. The van der Waals surface area contributed by atoms with Gasteiger partial charge in [0, 0.05) is 0 Å². The third-order valence-electron chi connectivity index (χ3n) is 5.40. The summed E-state index contributed by atoms with van der Waals surface area (Å²) in [4.78, 5) is 12.2. The summed E-state index contributed by atoms with van der Waals surface area (Å²) < 4.78 is 17.3. The number of hydrogen-bond acceptors (Lipinski definition) is 4. The minimum absolute atomic E-state index is 0.108. The van der Waals surface area contributed by atoms with E-state index in [1.807, 2.05) is 72.7 Å². The Morgan fingerprint density at radius 1 is 1.04 bits per heavy atom. The summed E-state index contributed by atoms with van der Waals surface area (Å²) in [5.41, 5.74) is 0.880. The highest BCUT2D eigenvalue weighted by Crippen LogP contribution is 2.49. The van der Waals surface area contributed by atoms with Crippen molar-refractivity contribution in [3.05, 3.63) is 29.8 Å². The molecule has 1 aliphatic carbocycles. The summed E-state index contributed by atoms with van der Waals surface area (Å²) in [6, 6.07) is 8.00. The lowest BCUT2D eigenvalue weighted by Gasteiger charge is -2.32. The maximum Gasteiger partial charge on any atom is 0.494 e. The number of carbonyl (C=O) groups is 1. The number of ether oxygens (including phenoxy) is 1. The molecule has 2 fully saturated rings. The van der Waals surface area contributed by atoms with E-state index in [9.17, 15) is 4.79 Å². The van der Waals surface area contributed by atoms with Gasteiger partial charge in [-0.25, -0.2) is 0 Å². The number of benzene rings is 1. The Labute approximate surface area is 152 Å². The van der Waals surface area contributed by atoms with E-state index in [1.54, 1.807) is 0 Å². The highest BCUT2D eigenvalue weighted by Gasteiger charge is 2.54. The molecule has 1 saturated carbocycles. The SMILES string of the molecule is CC.CCOC(=O)C1(c2ccc(B3OC(C)(C)C(C)(C)O3)cc2)CC1. The van der Waals surface area contributed by atoms with E-state index in [4.69, 9.17) is 14.0 Å². The summed E-state index contributed by atoms with van der Waals surface area (Å²) in [5.74, 6) is -0.108. The summed E-state index contributed by atoms with van der Waals surface area (Å²) in [6.45, 7) is 14.4. The van der Waals surface area contributed by atoms with Crippen LogP contribution < -0.4 is 5.46 Å². The molecule has 0 N–H and O–H groups in total. The third-order valence-corrected chi connectivity index (χ3v) is 5.40. The summed E-state index contributed by atoms with van der Waals surface area (Å²) >= 11 is 0. The van der Waals surface area contributed by atoms with Crippen molar-refractivity contribution in [3.63, 3.8) is 0 Å². The molecule has 1 aromatic rings. The van der Waals surface area contributed by atoms with Crippen molar-refractivity contribution in [2.45, 2.75) is 77.9 Å². The Hall–Kier alpha value is -1.33. The van der Waals surface area contributed by atoms with Crippen molar-refractivity contribution in [3.8, 4) is 0 Å². The van der Waals surface area contributed by atoms with E-state index in [1.165, 1.54) is 0 Å². The fraction of sp³-hybridized carbons (Fsp3) is 0.650. The molecule has 25 heavy (non-hydrogen) atoms. The number of carbonyl (C=O) groups excluding carboxylic acids is 1. The summed E-state index contributed by atoms with van der Waals surface area (Å²) in [5, 5.41) is 0. The Kier molecular flexibility index (Phi) is 5.70. The lowest BCUT2D eigenvalue weighted by Crippen LogP contribution is -2.41. The van der Waals surface area contributed by atoms with Gasteiger partial charge in [0.1, 0.15) is 0 Å². The van der Waals surface area contributed by atoms with Crippen LogP contribution in [0.3, 0.4) is 0 Å². The molecule has 1 saturated heterocycles. The third kappa shape index (κ3) is 3.63. The molecule has 0 atom stereocenters. The van der Waals surface area contributed by atoms with E-state index < -0.39 is 5.41 Å². The van der Waals surface area contributed by atoms with Crippen LogP contribution in [-0.4, -0.2) is 30.9 Å². The first kappa shape index (κ1) is 20.0. The molecule has 0 radical (unpaired) electrons. The Morgan fingerprint density at radius 2 is 1.52 bits per heavy atom. The molecule has 0 amide bonds. The van der Waals surface area contributed by atoms with Gasteiger partial charge in [-0.05, 0) is 58.5 Å². The maximum atomic E-state index is 12.2. The van der Waals surface area contributed by atoms with Gasteiger partial charge in [0.15, 0.2) is 0 Å². The highest BCUT2D eigenvalue weighted by atomic mass is 16.7. The van der Waals surface area contributed by atoms with E-state index in [0.717, 1.165) is 23.9 Å². The lowest BCUT2D eigenvalue weighted by atomic mass is 9.78. The first-order chi connectivity index (χ1) is 11.7. The van der Waals surface area contributed by atoms with Crippen molar-refractivity contribution >= 4 is 18.6 Å². The zero-order valence-corrected chi connectivity index (χ0v) is 16.6. The second-order valence-electron chi connectivity index (χ2n) is 7.51. The monoisotopic (exact) mass is 346 g/mol. The van der Waals surface area contributed by atoms with Gasteiger partial charge >= 0.3 is 13.1 Å². The maximum absolute atomic E-state index is 12.2. The van der Waals surface area contributed by atoms with Gasteiger partial charge in [0.2, 0.25) is 0 Å². The van der Waals surface area contributed by atoms with Crippen LogP contribution >= 0.6 is 0 Å². The fourth-order valence-electron chi connectivity index (χ4n) is 2.94. The minimum atomic E-state index is -0.426. The fourth-order valence-corrected chi connectivity index (χ4v) is 2.94. The first-order valence-corrected chi connectivity index (χ1v) is 9.35. The van der Waals surface area contributed by atoms with Gasteiger partial charge in [-0.15, -0.1) is 0 Å². The van der Waals surface area contributed by atoms with Crippen molar-refractivity contribution in [1.82, 2.24) is 0 Å². The molecule has 0 spiro atoms. The topological polar surface area (TPSA) is 44.8 Å².